The Hall–Kier alpha value is -3.05. The van der Waals surface area contributed by atoms with Gasteiger partial charge < -0.3 is 5.32 Å². The maximum Gasteiger partial charge on any atom is 0.264 e. The van der Waals surface area contributed by atoms with E-state index in [-0.39, 0.29) is 18.0 Å². The van der Waals surface area contributed by atoms with Gasteiger partial charge in [0.2, 0.25) is 5.91 Å². The molecule has 2 amide bonds. The molecule has 1 saturated heterocycles. The molecule has 3 aromatic rings. The third-order valence-electron chi connectivity index (χ3n) is 5.25. The highest BCUT2D eigenvalue weighted by Crippen LogP contribution is 2.42. The van der Waals surface area contributed by atoms with Gasteiger partial charge in [-0.15, -0.1) is 0 Å². The zero-order valence-electron chi connectivity index (χ0n) is 17.9. The van der Waals surface area contributed by atoms with E-state index < -0.39 is 11.2 Å². The summed E-state index contributed by atoms with van der Waals surface area (Å²) in [4.78, 5) is 28.0. The van der Waals surface area contributed by atoms with Gasteiger partial charge in [-0.2, -0.15) is 5.26 Å². The van der Waals surface area contributed by atoms with Gasteiger partial charge in [0.25, 0.3) is 5.91 Å². The van der Waals surface area contributed by atoms with Crippen LogP contribution in [0.15, 0.2) is 93.9 Å². The normalized spacial score (nSPS) is 16.8. The quantitative estimate of drug-likeness (QED) is 0.308. The summed E-state index contributed by atoms with van der Waals surface area (Å²) in [5.41, 5.74) is 2.23. The smallest absolute Gasteiger partial charge is 0.264 e. The molecule has 0 aromatic heterocycles. The summed E-state index contributed by atoms with van der Waals surface area (Å²) in [7, 11) is 0. The lowest BCUT2D eigenvalue weighted by molar-refractivity contribution is -0.117. The molecule has 0 spiro atoms. The first-order chi connectivity index (χ1) is 16.5. The Kier molecular flexibility index (Phi) is 7.73. The van der Waals surface area contributed by atoms with Crippen LogP contribution in [0.4, 0.5) is 5.69 Å². The third-order valence-corrected chi connectivity index (χ3v) is 7.41. The molecule has 0 saturated carbocycles. The van der Waals surface area contributed by atoms with Crippen LogP contribution in [0, 0.1) is 11.3 Å². The first kappa shape index (κ1) is 24.1. The van der Waals surface area contributed by atoms with Crippen LogP contribution in [0.5, 0.6) is 0 Å². The fourth-order valence-corrected chi connectivity index (χ4v) is 5.32. The number of carbonyl (C=O) groups excluding carboxylic acids is 2. The fourth-order valence-electron chi connectivity index (χ4n) is 3.54. The van der Waals surface area contributed by atoms with Gasteiger partial charge in [0, 0.05) is 21.7 Å². The number of nitrogens with zero attached hydrogens (tertiary/aromatic N) is 2. The lowest BCUT2D eigenvalue weighted by Gasteiger charge is -2.19. The van der Waals surface area contributed by atoms with Gasteiger partial charge in [0.15, 0.2) is 0 Å². The highest BCUT2D eigenvalue weighted by molar-refractivity contribution is 9.10. The van der Waals surface area contributed by atoms with Crippen LogP contribution in [-0.2, 0) is 22.6 Å². The zero-order chi connectivity index (χ0) is 24.1. The zero-order valence-corrected chi connectivity index (χ0v) is 21.0. The molecular weight excluding hydrogens is 534 g/mol. The molecule has 1 unspecified atom stereocenters. The number of hydrogen-bond acceptors (Lipinski definition) is 4. The highest BCUT2D eigenvalue weighted by Gasteiger charge is 2.41. The molecule has 4 rings (SSSR count). The van der Waals surface area contributed by atoms with Crippen LogP contribution in [0.3, 0.4) is 0 Å². The fraction of sp³-hybridized carbons (Fsp3) is 0.115. The number of anilines is 1. The molecule has 1 heterocycles. The lowest BCUT2D eigenvalue weighted by Crippen LogP contribution is -2.32. The van der Waals surface area contributed by atoms with Gasteiger partial charge in [-0.05, 0) is 47.9 Å². The van der Waals surface area contributed by atoms with Crippen molar-refractivity contribution in [1.82, 2.24) is 5.32 Å². The molecule has 1 aliphatic rings. The van der Waals surface area contributed by atoms with Crippen molar-refractivity contribution in [3.63, 3.8) is 0 Å². The summed E-state index contributed by atoms with van der Waals surface area (Å²) in [5.74, 6) is -0.729. The molecule has 0 aliphatic carbocycles. The summed E-state index contributed by atoms with van der Waals surface area (Å²) in [6, 6.07) is 26.0. The van der Waals surface area contributed by atoms with Crippen LogP contribution in [0.2, 0.25) is 5.02 Å². The largest absolute Gasteiger partial charge is 0.347 e. The topological polar surface area (TPSA) is 73.2 Å². The van der Waals surface area contributed by atoms with E-state index in [4.69, 9.17) is 11.6 Å². The van der Waals surface area contributed by atoms with Crippen LogP contribution >= 0.6 is 39.3 Å². The molecule has 1 fully saturated rings. The number of halogens is 2. The van der Waals surface area contributed by atoms with Gasteiger partial charge in [-0.3, -0.25) is 14.5 Å². The van der Waals surface area contributed by atoms with E-state index in [1.165, 1.54) is 16.7 Å². The SMILES string of the molecule is N#C/C(C(=O)NCc1ccccc1)=C1/SC(Cc2ccccc2Cl)C(=O)N1c1ccc(Br)cc1. The third kappa shape index (κ3) is 5.36. The Morgan fingerprint density at radius 2 is 1.74 bits per heavy atom. The van der Waals surface area contributed by atoms with Crippen molar-refractivity contribution in [3.8, 4) is 6.07 Å². The molecule has 5 nitrogen and oxygen atoms in total. The Bertz CT molecular complexity index is 1290. The molecule has 8 heteroatoms. The molecular formula is C26H19BrClN3O2S. The maximum absolute atomic E-state index is 13.5. The monoisotopic (exact) mass is 551 g/mol. The molecule has 1 N–H and O–H groups in total. The van der Waals surface area contributed by atoms with E-state index >= 15 is 0 Å². The Morgan fingerprint density at radius 1 is 1.06 bits per heavy atom. The predicted octanol–water partition coefficient (Wildman–Crippen LogP) is 5.85. The molecule has 1 aliphatic heterocycles. The van der Waals surface area contributed by atoms with E-state index in [1.807, 2.05) is 66.7 Å². The minimum absolute atomic E-state index is 0.0983. The molecule has 3 aromatic carbocycles. The summed E-state index contributed by atoms with van der Waals surface area (Å²) in [6.07, 6.45) is 0.379. The lowest BCUT2D eigenvalue weighted by atomic mass is 10.1. The van der Waals surface area contributed by atoms with Crippen LogP contribution in [0.1, 0.15) is 11.1 Å². The molecule has 0 bridgehead atoms. The van der Waals surface area contributed by atoms with Gasteiger partial charge >= 0.3 is 0 Å². The van der Waals surface area contributed by atoms with Crippen molar-refractivity contribution in [2.45, 2.75) is 18.2 Å². The first-order valence-corrected chi connectivity index (χ1v) is 12.5. The number of carbonyl (C=O) groups is 2. The number of nitrogens with one attached hydrogen (secondary N) is 1. The summed E-state index contributed by atoms with van der Waals surface area (Å²) >= 11 is 10.9. The summed E-state index contributed by atoms with van der Waals surface area (Å²) in [5, 5.41) is 13.1. The number of hydrogen-bond donors (Lipinski definition) is 1. The number of benzene rings is 3. The van der Waals surface area contributed by atoms with Gasteiger partial charge in [-0.1, -0.05) is 87.8 Å². The van der Waals surface area contributed by atoms with Crippen molar-refractivity contribution >= 4 is 56.8 Å². The van der Waals surface area contributed by atoms with Crippen molar-refractivity contribution < 1.29 is 9.59 Å². The van der Waals surface area contributed by atoms with Crippen LogP contribution in [0.25, 0.3) is 0 Å². The summed E-state index contributed by atoms with van der Waals surface area (Å²) < 4.78 is 0.856. The van der Waals surface area contributed by atoms with Gasteiger partial charge in [-0.25, -0.2) is 0 Å². The number of nitriles is 1. The summed E-state index contributed by atoms with van der Waals surface area (Å²) in [6.45, 7) is 0.276. The maximum atomic E-state index is 13.5. The van der Waals surface area contributed by atoms with Crippen molar-refractivity contribution in [2.24, 2.45) is 0 Å². The first-order valence-electron chi connectivity index (χ1n) is 10.4. The number of rotatable bonds is 6. The van der Waals surface area contributed by atoms with E-state index in [0.29, 0.717) is 22.2 Å². The molecule has 1 atom stereocenters. The second-order valence-corrected chi connectivity index (χ2v) is 10.0. The van der Waals surface area contributed by atoms with Gasteiger partial charge in [0.05, 0.1) is 5.25 Å². The van der Waals surface area contributed by atoms with E-state index in [1.54, 1.807) is 18.2 Å². The molecule has 0 radical (unpaired) electrons. The van der Waals surface area contributed by atoms with E-state index in [0.717, 1.165) is 15.6 Å². The molecule has 170 valence electrons. The van der Waals surface area contributed by atoms with Crippen LogP contribution in [-0.4, -0.2) is 17.1 Å². The van der Waals surface area contributed by atoms with Crippen LogP contribution < -0.4 is 10.2 Å². The predicted molar refractivity (Wildman–Crippen MR) is 139 cm³/mol. The van der Waals surface area contributed by atoms with E-state index in [9.17, 15) is 14.9 Å². The Labute approximate surface area is 215 Å². The second-order valence-electron chi connectivity index (χ2n) is 7.51. The Morgan fingerprint density at radius 3 is 2.41 bits per heavy atom. The highest BCUT2D eigenvalue weighted by atomic mass is 79.9. The second kappa shape index (κ2) is 10.9. The Balaban J connectivity index is 1.68. The van der Waals surface area contributed by atoms with Crippen molar-refractivity contribution in [3.05, 3.63) is 110 Å². The number of amides is 2. The number of thioether (sulfide) groups is 1. The average Bonchev–Trinajstić information content (AvgIpc) is 3.16. The average molecular weight is 553 g/mol. The minimum Gasteiger partial charge on any atom is -0.347 e. The van der Waals surface area contributed by atoms with E-state index in [2.05, 4.69) is 21.2 Å². The standard InChI is InChI=1S/C26H19BrClN3O2S/c27-19-10-12-20(13-11-19)31-25(33)23(14-18-8-4-5-9-22(18)28)34-26(31)21(15-29)24(32)30-16-17-6-2-1-3-7-17/h1-13,23H,14,16H2,(H,30,32)/b26-21-. The minimum atomic E-state index is -0.526. The van der Waals surface area contributed by atoms with Crippen molar-refractivity contribution in [2.75, 3.05) is 4.90 Å². The molecule has 34 heavy (non-hydrogen) atoms. The van der Waals surface area contributed by atoms with Crippen molar-refractivity contribution in [1.29, 1.82) is 5.26 Å². The van der Waals surface area contributed by atoms with Gasteiger partial charge in [0.1, 0.15) is 16.7 Å².